The van der Waals surface area contributed by atoms with E-state index in [9.17, 15) is 0 Å². The highest BCUT2D eigenvalue weighted by Crippen LogP contribution is 2.36. The number of rotatable bonds is 12. The third kappa shape index (κ3) is 7.41. The fourth-order valence-electron chi connectivity index (χ4n) is 2.80. The van der Waals surface area contributed by atoms with Crippen molar-refractivity contribution in [2.24, 2.45) is 11.3 Å². The smallest absolute Gasteiger partial charge is 0.0522 e. The van der Waals surface area contributed by atoms with Crippen LogP contribution in [0.15, 0.2) is 0 Å². The Balaban J connectivity index is 4.30. The second kappa shape index (κ2) is 10.8. The van der Waals surface area contributed by atoms with Gasteiger partial charge in [0.1, 0.15) is 0 Å². The van der Waals surface area contributed by atoms with Crippen LogP contribution in [0.3, 0.4) is 0 Å². The summed E-state index contributed by atoms with van der Waals surface area (Å²) < 4.78 is 6.05. The van der Waals surface area contributed by atoms with E-state index >= 15 is 0 Å². The van der Waals surface area contributed by atoms with E-state index in [2.05, 4.69) is 34.6 Å². The summed E-state index contributed by atoms with van der Waals surface area (Å²) in [6.07, 6.45) is 10.5. The molecule has 0 heterocycles. The van der Waals surface area contributed by atoms with Gasteiger partial charge in [-0.1, -0.05) is 66.7 Å². The van der Waals surface area contributed by atoms with Crippen LogP contribution in [0.2, 0.25) is 0 Å². The molecule has 1 nitrogen and oxygen atoms in total. The third-order valence-corrected chi connectivity index (χ3v) is 4.13. The van der Waals surface area contributed by atoms with Crippen LogP contribution in [-0.2, 0) is 4.74 Å². The Morgan fingerprint density at radius 3 is 1.94 bits per heavy atom. The van der Waals surface area contributed by atoms with Crippen LogP contribution in [0.1, 0.15) is 86.0 Å². The molecule has 1 heteroatoms. The molecule has 0 bridgehead atoms. The first-order chi connectivity index (χ1) is 8.64. The topological polar surface area (TPSA) is 9.23 Å². The summed E-state index contributed by atoms with van der Waals surface area (Å²) in [5.41, 5.74) is 0.465. The van der Waals surface area contributed by atoms with Gasteiger partial charge in [-0.3, -0.25) is 0 Å². The average Bonchev–Trinajstić information content (AvgIpc) is 2.36. The largest absolute Gasteiger partial charge is 0.381 e. The summed E-state index contributed by atoms with van der Waals surface area (Å²) in [4.78, 5) is 0. The molecule has 0 N–H and O–H groups in total. The maximum Gasteiger partial charge on any atom is 0.0522 e. The molecule has 0 amide bonds. The van der Waals surface area contributed by atoms with E-state index in [1.165, 1.54) is 51.4 Å². The first-order valence-electron chi connectivity index (χ1n) is 8.21. The maximum absolute atomic E-state index is 6.05. The van der Waals surface area contributed by atoms with Gasteiger partial charge < -0.3 is 4.74 Å². The first-order valence-corrected chi connectivity index (χ1v) is 8.21. The van der Waals surface area contributed by atoms with Crippen molar-refractivity contribution in [3.05, 3.63) is 0 Å². The van der Waals surface area contributed by atoms with Crippen molar-refractivity contribution >= 4 is 0 Å². The molecule has 0 fully saturated rings. The summed E-state index contributed by atoms with van der Waals surface area (Å²) in [6, 6.07) is 0. The van der Waals surface area contributed by atoms with Crippen molar-refractivity contribution in [1.29, 1.82) is 0 Å². The predicted molar refractivity (Wildman–Crippen MR) is 82.0 cm³/mol. The van der Waals surface area contributed by atoms with Crippen molar-refractivity contribution in [1.82, 2.24) is 0 Å². The molecule has 0 aromatic heterocycles. The summed E-state index contributed by atoms with van der Waals surface area (Å²) in [7, 11) is 0. The van der Waals surface area contributed by atoms with Crippen LogP contribution in [0, 0.1) is 11.3 Å². The minimum atomic E-state index is 0.465. The molecule has 0 spiro atoms. The molecule has 0 aromatic carbocycles. The van der Waals surface area contributed by atoms with Gasteiger partial charge in [0.15, 0.2) is 0 Å². The molecular formula is C17H36O. The van der Waals surface area contributed by atoms with Crippen molar-refractivity contribution in [3.63, 3.8) is 0 Å². The molecule has 0 saturated heterocycles. The van der Waals surface area contributed by atoms with E-state index in [1.54, 1.807) is 0 Å². The number of unbranched alkanes of at least 4 members (excludes halogenated alkanes) is 1. The Labute approximate surface area is 116 Å². The highest BCUT2D eigenvalue weighted by atomic mass is 16.5. The van der Waals surface area contributed by atoms with Crippen molar-refractivity contribution < 1.29 is 4.74 Å². The predicted octanol–water partition coefficient (Wildman–Crippen LogP) is 5.83. The lowest BCUT2D eigenvalue weighted by atomic mass is 9.76. The van der Waals surface area contributed by atoms with Gasteiger partial charge in [0, 0.05) is 6.61 Å². The molecule has 18 heavy (non-hydrogen) atoms. The Kier molecular flexibility index (Phi) is 10.8. The zero-order valence-electron chi connectivity index (χ0n) is 13.6. The fourth-order valence-corrected chi connectivity index (χ4v) is 2.80. The van der Waals surface area contributed by atoms with E-state index in [4.69, 9.17) is 4.74 Å². The van der Waals surface area contributed by atoms with Gasteiger partial charge in [0.2, 0.25) is 0 Å². The minimum Gasteiger partial charge on any atom is -0.381 e. The molecule has 0 aliphatic rings. The van der Waals surface area contributed by atoms with E-state index < -0.39 is 0 Å². The second-order valence-electron chi connectivity index (χ2n) is 6.13. The average molecular weight is 256 g/mol. The summed E-state index contributed by atoms with van der Waals surface area (Å²) in [5, 5.41) is 0. The van der Waals surface area contributed by atoms with Crippen LogP contribution >= 0.6 is 0 Å². The Morgan fingerprint density at radius 1 is 0.889 bits per heavy atom. The normalized spacial score (nSPS) is 13.8. The van der Waals surface area contributed by atoms with Crippen LogP contribution in [0.5, 0.6) is 0 Å². The number of hydrogen-bond acceptors (Lipinski definition) is 1. The van der Waals surface area contributed by atoms with Crippen LogP contribution in [0.25, 0.3) is 0 Å². The van der Waals surface area contributed by atoms with Crippen molar-refractivity contribution in [2.45, 2.75) is 86.0 Å². The van der Waals surface area contributed by atoms with Gasteiger partial charge >= 0.3 is 0 Å². The van der Waals surface area contributed by atoms with E-state index in [0.29, 0.717) is 11.3 Å². The fraction of sp³-hybridized carbons (Fsp3) is 1.00. The Hall–Kier alpha value is -0.0400. The summed E-state index contributed by atoms with van der Waals surface area (Å²) in [5.74, 6) is 0.706. The van der Waals surface area contributed by atoms with Gasteiger partial charge in [-0.2, -0.15) is 0 Å². The lowest BCUT2D eigenvalue weighted by Crippen LogP contribution is -2.28. The molecule has 0 saturated carbocycles. The van der Waals surface area contributed by atoms with E-state index in [1.807, 2.05) is 0 Å². The van der Waals surface area contributed by atoms with Gasteiger partial charge in [0.25, 0.3) is 0 Å². The Bertz CT molecular complexity index is 170. The zero-order valence-corrected chi connectivity index (χ0v) is 13.6. The van der Waals surface area contributed by atoms with E-state index in [0.717, 1.165) is 13.2 Å². The number of hydrogen-bond donors (Lipinski definition) is 0. The zero-order chi connectivity index (χ0) is 13.9. The molecule has 110 valence electrons. The van der Waals surface area contributed by atoms with Crippen molar-refractivity contribution in [3.8, 4) is 0 Å². The quantitative estimate of drug-likeness (QED) is 0.427. The lowest BCUT2D eigenvalue weighted by Gasteiger charge is -2.34. The molecule has 0 aliphatic heterocycles. The Morgan fingerprint density at radius 2 is 1.50 bits per heavy atom. The molecule has 0 aliphatic carbocycles. The van der Waals surface area contributed by atoms with Gasteiger partial charge in [-0.05, 0) is 30.6 Å². The highest BCUT2D eigenvalue weighted by molar-refractivity contribution is 4.78. The monoisotopic (exact) mass is 256 g/mol. The van der Waals surface area contributed by atoms with Gasteiger partial charge in [-0.15, -0.1) is 0 Å². The molecule has 0 radical (unpaired) electrons. The SMILES string of the molecule is CCCCC(CCC)(CCC)COCC(C)CC. The molecule has 0 aromatic rings. The van der Waals surface area contributed by atoms with Gasteiger partial charge in [-0.25, -0.2) is 0 Å². The molecule has 0 rings (SSSR count). The lowest BCUT2D eigenvalue weighted by molar-refractivity contribution is 0.0102. The minimum absolute atomic E-state index is 0.465. The summed E-state index contributed by atoms with van der Waals surface area (Å²) >= 11 is 0. The first kappa shape index (κ1) is 18.0. The van der Waals surface area contributed by atoms with Gasteiger partial charge in [0.05, 0.1) is 6.61 Å². The maximum atomic E-state index is 6.05. The van der Waals surface area contributed by atoms with Crippen LogP contribution in [-0.4, -0.2) is 13.2 Å². The summed E-state index contributed by atoms with van der Waals surface area (Å²) in [6.45, 7) is 13.4. The molecule has 1 unspecified atom stereocenters. The number of ether oxygens (including phenoxy) is 1. The molecule has 1 atom stereocenters. The second-order valence-corrected chi connectivity index (χ2v) is 6.13. The third-order valence-electron chi connectivity index (χ3n) is 4.13. The van der Waals surface area contributed by atoms with Crippen LogP contribution in [0.4, 0.5) is 0 Å². The van der Waals surface area contributed by atoms with Crippen LogP contribution < -0.4 is 0 Å². The highest BCUT2D eigenvalue weighted by Gasteiger charge is 2.28. The molecular weight excluding hydrogens is 220 g/mol. The standard InChI is InChI=1S/C17H36O/c1-6-10-13-17(11-7-2,12-8-3)15-18-14-16(5)9-4/h16H,6-15H2,1-5H3. The van der Waals surface area contributed by atoms with E-state index in [-0.39, 0.29) is 0 Å². The van der Waals surface area contributed by atoms with Crippen molar-refractivity contribution in [2.75, 3.05) is 13.2 Å².